The van der Waals surface area contributed by atoms with E-state index in [9.17, 15) is 48.5 Å². The van der Waals surface area contributed by atoms with Crippen LogP contribution in [-0.2, 0) is 17.0 Å². The van der Waals surface area contributed by atoms with Crippen molar-refractivity contribution >= 4 is 57.6 Å². The minimum atomic E-state index is -5.14. The molecule has 0 radical (unpaired) electrons. The second-order valence-electron chi connectivity index (χ2n) is 9.17. The number of hydrogen-bond donors (Lipinski definition) is 1. The summed E-state index contributed by atoms with van der Waals surface area (Å²) in [5.74, 6) is -6.57. The Morgan fingerprint density at radius 1 is 0.951 bits per heavy atom. The molecule has 228 valence electrons. The molecule has 0 saturated carbocycles. The van der Waals surface area contributed by atoms with Crippen molar-refractivity contribution < 1.29 is 48.5 Å². The summed E-state index contributed by atoms with van der Waals surface area (Å²) in [7, 11) is -2.46. The van der Waals surface area contributed by atoms with Crippen LogP contribution in [0, 0.1) is 5.92 Å². The van der Waals surface area contributed by atoms with E-state index in [1.165, 1.54) is 13.8 Å². The molecule has 0 heterocycles. The van der Waals surface area contributed by atoms with Gasteiger partial charge in [-0.25, -0.2) is 0 Å². The molecule has 0 fully saturated rings. The first-order valence-corrected chi connectivity index (χ1v) is 14.1. The molecular formula is C25H21Cl3F9NO2S. The molecule has 0 aliphatic carbocycles. The predicted octanol–water partition coefficient (Wildman–Crippen LogP) is 9.09. The van der Waals surface area contributed by atoms with Gasteiger partial charge in [-0.05, 0) is 41.3 Å². The fourth-order valence-electron chi connectivity index (χ4n) is 3.56. The second kappa shape index (κ2) is 13.6. The van der Waals surface area contributed by atoms with Gasteiger partial charge in [0.15, 0.2) is 0 Å². The van der Waals surface area contributed by atoms with Crippen LogP contribution in [0.25, 0.3) is 6.08 Å². The SMILES string of the molecule is CC(C)C(CS(=O)CC(F)(F)F)NC(=O)c1ccc(/C=C/C(c2cc(Cl)c(Cl)c(Cl)c2)C(F)(F)F)cc1C(F)(F)F. The van der Waals surface area contributed by atoms with E-state index in [0.717, 1.165) is 30.3 Å². The summed E-state index contributed by atoms with van der Waals surface area (Å²) in [5.41, 5.74) is -3.20. The predicted molar refractivity (Wildman–Crippen MR) is 141 cm³/mol. The Bertz CT molecular complexity index is 1290. The summed E-state index contributed by atoms with van der Waals surface area (Å²) in [4.78, 5) is 12.7. The number of hydrogen-bond acceptors (Lipinski definition) is 2. The van der Waals surface area contributed by atoms with Gasteiger partial charge in [-0.15, -0.1) is 0 Å². The van der Waals surface area contributed by atoms with E-state index in [-0.39, 0.29) is 20.6 Å². The second-order valence-corrected chi connectivity index (χ2v) is 11.9. The molecule has 0 aromatic heterocycles. The van der Waals surface area contributed by atoms with E-state index in [0.29, 0.717) is 12.1 Å². The Balaban J connectivity index is 2.42. The third kappa shape index (κ3) is 10.4. The highest BCUT2D eigenvalue weighted by Crippen LogP contribution is 2.41. The van der Waals surface area contributed by atoms with Crippen LogP contribution in [-0.4, -0.2) is 40.0 Å². The molecule has 2 aromatic carbocycles. The van der Waals surface area contributed by atoms with Crippen LogP contribution in [0.3, 0.4) is 0 Å². The smallest absolute Gasteiger partial charge is 0.348 e. The molecule has 1 amide bonds. The summed E-state index contributed by atoms with van der Waals surface area (Å²) in [6.45, 7) is 2.93. The lowest BCUT2D eigenvalue weighted by Gasteiger charge is -2.23. The maximum atomic E-state index is 13.9. The molecular weight excluding hydrogens is 656 g/mol. The minimum Gasteiger partial charge on any atom is -0.348 e. The number of alkyl halides is 9. The van der Waals surface area contributed by atoms with E-state index >= 15 is 0 Å². The van der Waals surface area contributed by atoms with Crippen LogP contribution in [0.5, 0.6) is 0 Å². The maximum Gasteiger partial charge on any atom is 0.417 e. The van der Waals surface area contributed by atoms with Crippen molar-refractivity contribution in [2.24, 2.45) is 5.92 Å². The summed E-state index contributed by atoms with van der Waals surface area (Å²) < 4.78 is 132. The van der Waals surface area contributed by atoms with Crippen molar-refractivity contribution in [2.45, 2.75) is 44.3 Å². The Labute approximate surface area is 246 Å². The minimum absolute atomic E-state index is 0.183. The number of halogens is 12. The summed E-state index contributed by atoms with van der Waals surface area (Å²) >= 11 is 17.4. The van der Waals surface area contributed by atoms with Gasteiger partial charge in [-0.3, -0.25) is 9.00 Å². The molecule has 0 bridgehead atoms. The van der Waals surface area contributed by atoms with Crippen molar-refractivity contribution in [1.29, 1.82) is 0 Å². The van der Waals surface area contributed by atoms with Crippen molar-refractivity contribution in [3.8, 4) is 0 Å². The highest BCUT2D eigenvalue weighted by Gasteiger charge is 2.40. The zero-order valence-electron chi connectivity index (χ0n) is 20.9. The first-order valence-electron chi connectivity index (χ1n) is 11.4. The van der Waals surface area contributed by atoms with Crippen LogP contribution < -0.4 is 5.32 Å². The van der Waals surface area contributed by atoms with Crippen molar-refractivity contribution in [2.75, 3.05) is 11.5 Å². The topological polar surface area (TPSA) is 46.2 Å². The molecule has 1 N–H and O–H groups in total. The van der Waals surface area contributed by atoms with Gasteiger partial charge >= 0.3 is 18.5 Å². The number of amides is 1. The van der Waals surface area contributed by atoms with Gasteiger partial charge in [0.25, 0.3) is 5.91 Å². The molecule has 0 aliphatic rings. The third-order valence-electron chi connectivity index (χ3n) is 5.60. The molecule has 41 heavy (non-hydrogen) atoms. The largest absolute Gasteiger partial charge is 0.417 e. The van der Waals surface area contributed by atoms with Crippen molar-refractivity contribution in [3.05, 3.63) is 73.7 Å². The molecule has 0 saturated heterocycles. The lowest BCUT2D eigenvalue weighted by Crippen LogP contribution is -2.43. The van der Waals surface area contributed by atoms with Gasteiger partial charge in [0, 0.05) is 22.6 Å². The first-order chi connectivity index (χ1) is 18.6. The van der Waals surface area contributed by atoms with Gasteiger partial charge in [0.1, 0.15) is 5.75 Å². The Morgan fingerprint density at radius 3 is 1.98 bits per heavy atom. The van der Waals surface area contributed by atoms with Crippen LogP contribution in [0.2, 0.25) is 15.1 Å². The Kier molecular flexibility index (Phi) is 11.7. The molecule has 0 aliphatic heterocycles. The van der Waals surface area contributed by atoms with Gasteiger partial charge in [-0.1, -0.05) is 66.9 Å². The number of benzene rings is 2. The number of carbonyl (C=O) groups excluding carboxylic acids is 1. The van der Waals surface area contributed by atoms with Gasteiger partial charge in [0.05, 0.1) is 32.1 Å². The quantitative estimate of drug-likeness (QED) is 0.213. The molecule has 3 unspecified atom stereocenters. The Hall–Kier alpha value is -1.96. The molecule has 2 rings (SSSR count). The monoisotopic (exact) mass is 675 g/mol. The highest BCUT2D eigenvalue weighted by atomic mass is 35.5. The summed E-state index contributed by atoms with van der Waals surface area (Å²) in [5, 5.41) is 1.46. The zero-order chi connectivity index (χ0) is 31.5. The van der Waals surface area contributed by atoms with Crippen LogP contribution in [0.4, 0.5) is 39.5 Å². The molecule has 0 spiro atoms. The molecule has 16 heteroatoms. The van der Waals surface area contributed by atoms with E-state index in [1.807, 2.05) is 0 Å². The maximum absolute atomic E-state index is 13.9. The van der Waals surface area contributed by atoms with Crippen LogP contribution in [0.15, 0.2) is 36.4 Å². The highest BCUT2D eigenvalue weighted by molar-refractivity contribution is 7.85. The van der Waals surface area contributed by atoms with Gasteiger partial charge in [-0.2, -0.15) is 39.5 Å². The summed E-state index contributed by atoms with van der Waals surface area (Å²) in [6, 6.07) is 2.80. The van der Waals surface area contributed by atoms with Gasteiger partial charge < -0.3 is 5.32 Å². The zero-order valence-corrected chi connectivity index (χ0v) is 24.0. The lowest BCUT2D eigenvalue weighted by atomic mass is 9.96. The fraction of sp³-hybridized carbons (Fsp3) is 0.400. The van der Waals surface area contributed by atoms with E-state index < -0.39 is 81.3 Å². The summed E-state index contributed by atoms with van der Waals surface area (Å²) in [6.07, 6.45) is -13.4. The third-order valence-corrected chi connectivity index (χ3v) is 8.18. The lowest BCUT2D eigenvalue weighted by molar-refractivity contribution is -0.139. The molecule has 3 nitrogen and oxygen atoms in total. The van der Waals surface area contributed by atoms with Crippen LogP contribution in [0.1, 0.15) is 46.8 Å². The first kappa shape index (κ1) is 35.2. The fourth-order valence-corrected chi connectivity index (χ4v) is 5.52. The van der Waals surface area contributed by atoms with Crippen molar-refractivity contribution in [1.82, 2.24) is 5.32 Å². The molecule has 3 atom stereocenters. The standard InChI is InChI=1S/C25H21Cl3F9NO2S/c1-12(2)20(10-41(40)11-23(29,30)31)38-22(39)15-5-3-13(7-17(15)25(35,36)37)4-6-16(24(32,33)34)14-8-18(26)21(28)19(27)9-14/h3-9,12,16,20H,10-11H2,1-2H3,(H,38,39)/b6-4+. The number of rotatable bonds is 9. The van der Waals surface area contributed by atoms with E-state index in [2.05, 4.69) is 5.32 Å². The Morgan fingerprint density at radius 2 is 1.51 bits per heavy atom. The number of carbonyl (C=O) groups is 1. The average Bonchev–Trinajstić information content (AvgIpc) is 2.79. The van der Waals surface area contributed by atoms with Gasteiger partial charge in [0.2, 0.25) is 0 Å². The normalized spacial score (nSPS) is 15.3. The van der Waals surface area contributed by atoms with E-state index in [1.54, 1.807) is 0 Å². The average molecular weight is 677 g/mol. The number of allylic oxidation sites excluding steroid dienone is 1. The number of nitrogens with one attached hydrogen (secondary N) is 1. The van der Waals surface area contributed by atoms with E-state index in [4.69, 9.17) is 34.8 Å². The van der Waals surface area contributed by atoms with Crippen LogP contribution >= 0.6 is 34.8 Å². The molecule has 2 aromatic rings. The van der Waals surface area contributed by atoms with Crippen molar-refractivity contribution in [3.63, 3.8) is 0 Å².